The minimum atomic E-state index is -0.509. The Labute approximate surface area is 169 Å². The molecule has 1 aliphatic rings. The van der Waals surface area contributed by atoms with Gasteiger partial charge in [0.1, 0.15) is 6.67 Å². The number of nitrogens with one attached hydrogen (secondary N) is 1. The number of benzene rings is 3. The molecule has 3 aromatic carbocycles. The van der Waals surface area contributed by atoms with Crippen LogP contribution in [-0.2, 0) is 4.84 Å². The second kappa shape index (κ2) is 8.33. The lowest BCUT2D eigenvalue weighted by molar-refractivity contribution is -0.104. The van der Waals surface area contributed by atoms with E-state index in [4.69, 9.17) is 16.4 Å². The molecule has 0 bridgehead atoms. The lowest BCUT2D eigenvalue weighted by Crippen LogP contribution is -2.31. The molecule has 0 aromatic heterocycles. The highest BCUT2D eigenvalue weighted by atomic mass is 35.5. The predicted molar refractivity (Wildman–Crippen MR) is 111 cm³/mol. The summed E-state index contributed by atoms with van der Waals surface area (Å²) in [5.74, 6) is 0. The summed E-state index contributed by atoms with van der Waals surface area (Å²) < 4.78 is 0. The Kier molecular flexibility index (Phi) is 5.46. The zero-order valence-electron chi connectivity index (χ0n) is 15.2. The molecule has 1 saturated heterocycles. The van der Waals surface area contributed by atoms with Crippen LogP contribution in [0.5, 0.6) is 0 Å². The van der Waals surface area contributed by atoms with Crippen molar-refractivity contribution in [3.05, 3.63) is 95.5 Å². The fourth-order valence-electron chi connectivity index (χ4n) is 3.27. The van der Waals surface area contributed by atoms with Crippen molar-refractivity contribution in [3.8, 4) is 0 Å². The number of nitrogens with zero attached hydrogens (tertiary/aromatic N) is 2. The lowest BCUT2D eigenvalue weighted by atomic mass is 10.1. The molecular formula is C22H20ClN3O2. The van der Waals surface area contributed by atoms with E-state index < -0.39 is 6.09 Å². The number of hydroxylamine groups is 2. The molecule has 1 fully saturated rings. The quantitative estimate of drug-likeness (QED) is 0.651. The van der Waals surface area contributed by atoms with E-state index in [-0.39, 0.29) is 6.04 Å². The highest BCUT2D eigenvalue weighted by Crippen LogP contribution is 2.32. The van der Waals surface area contributed by atoms with Crippen LogP contribution in [0.15, 0.2) is 84.9 Å². The van der Waals surface area contributed by atoms with Crippen LogP contribution in [0, 0.1) is 0 Å². The van der Waals surface area contributed by atoms with Gasteiger partial charge in [-0.2, -0.15) is 0 Å². The van der Waals surface area contributed by atoms with Crippen LogP contribution in [-0.4, -0.2) is 24.4 Å². The van der Waals surface area contributed by atoms with E-state index in [1.807, 2.05) is 84.9 Å². The fraction of sp³-hybridized carbons (Fsp3) is 0.136. The molecule has 5 nitrogen and oxygen atoms in total. The minimum Gasteiger partial charge on any atom is -0.353 e. The van der Waals surface area contributed by atoms with Gasteiger partial charge in [-0.25, -0.2) is 4.79 Å². The number of carbonyl (C=O) groups excluding carboxylic acids is 1. The minimum absolute atomic E-state index is 0.0709. The van der Waals surface area contributed by atoms with Crippen LogP contribution >= 0.6 is 11.6 Å². The topological polar surface area (TPSA) is 44.8 Å². The van der Waals surface area contributed by atoms with E-state index in [0.29, 0.717) is 23.9 Å². The summed E-state index contributed by atoms with van der Waals surface area (Å²) in [6.07, 6.45) is -0.509. The Morgan fingerprint density at radius 1 is 0.929 bits per heavy atom. The molecule has 1 atom stereocenters. The van der Waals surface area contributed by atoms with Crippen molar-refractivity contribution in [1.82, 2.24) is 5.06 Å². The Bertz CT molecular complexity index is 920. The third-order valence-corrected chi connectivity index (χ3v) is 4.90. The maximum Gasteiger partial charge on any atom is 0.430 e. The number of carbonyl (C=O) groups is 1. The average Bonchev–Trinajstić information content (AvgIpc) is 3.13. The first kappa shape index (κ1) is 18.3. The number of hydrogen-bond acceptors (Lipinski definition) is 4. The Hall–Kier alpha value is -3.02. The van der Waals surface area contributed by atoms with Gasteiger partial charge in [-0.3, -0.25) is 5.32 Å². The predicted octanol–water partition coefficient (Wildman–Crippen LogP) is 5.32. The highest BCUT2D eigenvalue weighted by Gasteiger charge is 2.34. The summed E-state index contributed by atoms with van der Waals surface area (Å²) >= 11 is 6.01. The summed E-state index contributed by atoms with van der Waals surface area (Å²) in [6, 6.07) is 26.9. The molecule has 0 spiro atoms. The van der Waals surface area contributed by atoms with Crippen LogP contribution in [0.3, 0.4) is 0 Å². The maximum atomic E-state index is 12.4. The molecule has 1 heterocycles. The molecule has 0 aliphatic carbocycles. The molecule has 1 unspecified atom stereocenters. The van der Waals surface area contributed by atoms with Crippen LogP contribution < -0.4 is 10.2 Å². The van der Waals surface area contributed by atoms with Crippen molar-refractivity contribution in [2.24, 2.45) is 0 Å². The van der Waals surface area contributed by atoms with Gasteiger partial charge in [0.15, 0.2) is 0 Å². The van der Waals surface area contributed by atoms with Gasteiger partial charge >= 0.3 is 6.09 Å². The summed E-state index contributed by atoms with van der Waals surface area (Å²) in [5.41, 5.74) is 2.81. The first-order valence-corrected chi connectivity index (χ1v) is 9.43. The Morgan fingerprint density at radius 3 is 2.25 bits per heavy atom. The van der Waals surface area contributed by atoms with E-state index in [0.717, 1.165) is 11.3 Å². The fourth-order valence-corrected chi connectivity index (χ4v) is 3.40. The van der Waals surface area contributed by atoms with E-state index in [9.17, 15) is 4.79 Å². The molecule has 4 rings (SSSR count). The first-order valence-electron chi connectivity index (χ1n) is 9.05. The molecule has 1 aliphatic heterocycles. The number of halogens is 1. The summed E-state index contributed by atoms with van der Waals surface area (Å²) in [5, 5.41) is 5.17. The number of para-hydroxylation sites is 1. The number of hydrogen-bond donors (Lipinski definition) is 1. The third kappa shape index (κ3) is 4.27. The molecule has 0 radical (unpaired) electrons. The van der Waals surface area contributed by atoms with Crippen molar-refractivity contribution in [1.29, 1.82) is 0 Å². The lowest BCUT2D eigenvalue weighted by Gasteiger charge is -2.22. The second-order valence-corrected chi connectivity index (χ2v) is 6.99. The van der Waals surface area contributed by atoms with Gasteiger partial charge in [-0.05, 0) is 42.0 Å². The van der Waals surface area contributed by atoms with Crippen molar-refractivity contribution in [2.45, 2.75) is 6.04 Å². The first-order chi connectivity index (χ1) is 13.7. The van der Waals surface area contributed by atoms with Crippen molar-refractivity contribution < 1.29 is 9.63 Å². The smallest absolute Gasteiger partial charge is 0.353 e. The number of amides is 1. The average molecular weight is 394 g/mol. The zero-order valence-corrected chi connectivity index (χ0v) is 15.9. The van der Waals surface area contributed by atoms with Gasteiger partial charge in [0, 0.05) is 22.9 Å². The highest BCUT2D eigenvalue weighted by molar-refractivity contribution is 6.30. The van der Waals surface area contributed by atoms with E-state index in [1.165, 1.54) is 0 Å². The van der Waals surface area contributed by atoms with Crippen LogP contribution in [0.2, 0.25) is 5.02 Å². The van der Waals surface area contributed by atoms with E-state index >= 15 is 0 Å². The molecule has 1 amide bonds. The summed E-state index contributed by atoms with van der Waals surface area (Å²) in [7, 11) is 0. The van der Waals surface area contributed by atoms with Gasteiger partial charge in [0.2, 0.25) is 0 Å². The molecule has 0 saturated carbocycles. The second-order valence-electron chi connectivity index (χ2n) is 6.55. The molecule has 1 N–H and O–H groups in total. The standard InChI is InChI=1S/C22H20ClN3O2/c23-18-11-13-20(14-12-18)25-15-21(17-7-3-1-4-8-17)26(16-25)28-22(27)24-19-9-5-2-6-10-19/h1-14,21H,15-16H2,(H,24,27). The largest absolute Gasteiger partial charge is 0.430 e. The van der Waals surface area contributed by atoms with Crippen molar-refractivity contribution >= 4 is 29.1 Å². The van der Waals surface area contributed by atoms with Gasteiger partial charge in [-0.1, -0.05) is 60.1 Å². The van der Waals surface area contributed by atoms with Crippen LogP contribution in [0.4, 0.5) is 16.2 Å². The number of rotatable bonds is 4. The molecule has 3 aromatic rings. The normalized spacial score (nSPS) is 16.8. The van der Waals surface area contributed by atoms with Gasteiger partial charge in [0.05, 0.1) is 6.04 Å². The molecule has 28 heavy (non-hydrogen) atoms. The monoisotopic (exact) mass is 393 g/mol. The van der Waals surface area contributed by atoms with E-state index in [2.05, 4.69) is 10.2 Å². The zero-order chi connectivity index (χ0) is 19.3. The number of anilines is 2. The van der Waals surface area contributed by atoms with Gasteiger partial charge < -0.3 is 9.74 Å². The molecule has 142 valence electrons. The van der Waals surface area contributed by atoms with Crippen LogP contribution in [0.1, 0.15) is 11.6 Å². The van der Waals surface area contributed by atoms with Crippen molar-refractivity contribution in [2.75, 3.05) is 23.4 Å². The Morgan fingerprint density at radius 2 is 1.57 bits per heavy atom. The molecular weight excluding hydrogens is 374 g/mol. The van der Waals surface area contributed by atoms with Gasteiger partial charge in [-0.15, -0.1) is 5.06 Å². The third-order valence-electron chi connectivity index (χ3n) is 4.65. The maximum absolute atomic E-state index is 12.4. The van der Waals surface area contributed by atoms with Gasteiger partial charge in [0.25, 0.3) is 0 Å². The molecule has 6 heteroatoms. The van der Waals surface area contributed by atoms with Crippen molar-refractivity contribution in [3.63, 3.8) is 0 Å². The van der Waals surface area contributed by atoms with Crippen LogP contribution in [0.25, 0.3) is 0 Å². The SMILES string of the molecule is O=C(Nc1ccccc1)ON1CN(c2ccc(Cl)cc2)CC1c1ccccc1. The summed E-state index contributed by atoms with van der Waals surface area (Å²) in [6.45, 7) is 1.16. The van der Waals surface area contributed by atoms with E-state index in [1.54, 1.807) is 5.06 Å². The Balaban J connectivity index is 1.52. The summed E-state index contributed by atoms with van der Waals surface area (Å²) in [4.78, 5) is 20.3.